The average molecular weight is 273 g/mol. The highest BCUT2D eigenvalue weighted by molar-refractivity contribution is 5.87. The van der Waals surface area contributed by atoms with E-state index >= 15 is 0 Å². The van der Waals surface area contributed by atoms with E-state index in [2.05, 4.69) is 25.6 Å². The molecule has 0 aliphatic rings. The van der Waals surface area contributed by atoms with Crippen molar-refractivity contribution in [1.29, 1.82) is 0 Å². The zero-order chi connectivity index (χ0) is 13.8. The fraction of sp³-hybridized carbons (Fsp3) is 0.444. The number of rotatable bonds is 6. The molecule has 0 unspecified atom stereocenters. The first kappa shape index (κ1) is 13.4. The van der Waals surface area contributed by atoms with Crippen molar-refractivity contribution in [2.75, 3.05) is 30.0 Å². The van der Waals surface area contributed by atoms with Crippen molar-refractivity contribution in [1.82, 2.24) is 20.2 Å². The molecule has 0 aliphatic heterocycles. The Labute approximate surface area is 106 Å². The molecule has 0 aromatic carbocycles. The lowest BCUT2D eigenvalue weighted by atomic mass is 10.3. The number of aliphatic hydroxyl groups is 1. The molecule has 2 rings (SSSR count). The van der Waals surface area contributed by atoms with E-state index in [-0.39, 0.29) is 24.9 Å². The molecule has 0 atom stereocenters. The van der Waals surface area contributed by atoms with Crippen LogP contribution in [0.1, 0.15) is 0 Å². The number of nitrogens with zero attached hydrogens (tertiary/aromatic N) is 4. The normalized spacial score (nSPS) is 11.2. The predicted molar refractivity (Wildman–Crippen MR) is 64.8 cm³/mol. The first-order valence-corrected chi connectivity index (χ1v) is 5.47. The third kappa shape index (κ3) is 2.85. The molecule has 2 aromatic rings. The average Bonchev–Trinajstić information content (AvgIpc) is 2.84. The number of nitrogen functional groups attached to an aromatic ring is 1. The number of hydrogen-bond donors (Lipinski definition) is 4. The van der Waals surface area contributed by atoms with Crippen LogP contribution < -0.4 is 16.2 Å². The molecule has 0 aliphatic carbocycles. The van der Waals surface area contributed by atoms with Crippen LogP contribution in [0, 0.1) is 0 Å². The van der Waals surface area contributed by atoms with Gasteiger partial charge in [0.2, 0.25) is 5.95 Å². The van der Waals surface area contributed by atoms with Crippen molar-refractivity contribution in [2.24, 2.45) is 5.84 Å². The Bertz CT molecular complexity index is 546. The number of alkyl halides is 2. The van der Waals surface area contributed by atoms with Crippen LogP contribution in [-0.2, 0) is 0 Å². The van der Waals surface area contributed by atoms with Gasteiger partial charge in [-0.3, -0.25) is 10.5 Å². The molecule has 0 bridgehead atoms. The molecule has 0 saturated heterocycles. The SMILES string of the molecule is NNc1nc(N(CCO)CC(F)F)c2cn[nH]c2n1. The summed E-state index contributed by atoms with van der Waals surface area (Å²) < 4.78 is 25.1. The molecule has 104 valence electrons. The second-order valence-corrected chi connectivity index (χ2v) is 3.71. The third-order valence-corrected chi connectivity index (χ3v) is 2.45. The van der Waals surface area contributed by atoms with Gasteiger partial charge in [0.05, 0.1) is 24.7 Å². The maximum absolute atomic E-state index is 12.6. The van der Waals surface area contributed by atoms with Gasteiger partial charge in [0.15, 0.2) is 5.65 Å². The lowest BCUT2D eigenvalue weighted by Crippen LogP contribution is -2.32. The van der Waals surface area contributed by atoms with E-state index in [9.17, 15) is 8.78 Å². The van der Waals surface area contributed by atoms with Crippen molar-refractivity contribution in [3.8, 4) is 0 Å². The van der Waals surface area contributed by atoms with Crippen LogP contribution >= 0.6 is 0 Å². The molecule has 10 heteroatoms. The van der Waals surface area contributed by atoms with E-state index in [1.165, 1.54) is 11.1 Å². The summed E-state index contributed by atoms with van der Waals surface area (Å²) in [7, 11) is 0. The largest absolute Gasteiger partial charge is 0.395 e. The van der Waals surface area contributed by atoms with Crippen molar-refractivity contribution in [2.45, 2.75) is 6.43 Å². The third-order valence-electron chi connectivity index (χ3n) is 2.45. The van der Waals surface area contributed by atoms with Crippen molar-refractivity contribution in [3.05, 3.63) is 6.20 Å². The minimum absolute atomic E-state index is 0.0195. The van der Waals surface area contributed by atoms with E-state index in [1.807, 2.05) is 0 Å². The van der Waals surface area contributed by atoms with Gasteiger partial charge in [0.1, 0.15) is 5.82 Å². The van der Waals surface area contributed by atoms with Crippen LogP contribution in [0.15, 0.2) is 6.20 Å². The zero-order valence-electron chi connectivity index (χ0n) is 9.85. The highest BCUT2D eigenvalue weighted by atomic mass is 19.3. The summed E-state index contributed by atoms with van der Waals surface area (Å²) in [6.45, 7) is -0.811. The molecule has 0 fully saturated rings. The number of halogens is 2. The van der Waals surface area contributed by atoms with Crippen molar-refractivity contribution < 1.29 is 13.9 Å². The molecule has 5 N–H and O–H groups in total. The monoisotopic (exact) mass is 273 g/mol. The maximum atomic E-state index is 12.6. The summed E-state index contributed by atoms with van der Waals surface area (Å²) in [5, 5.41) is 15.8. The Balaban J connectivity index is 2.46. The number of fused-ring (bicyclic) bond motifs is 1. The number of aliphatic hydroxyl groups excluding tert-OH is 1. The Morgan fingerprint density at radius 1 is 1.47 bits per heavy atom. The lowest BCUT2D eigenvalue weighted by Gasteiger charge is -2.23. The molecule has 2 aromatic heterocycles. The molecule has 0 spiro atoms. The Morgan fingerprint density at radius 2 is 2.26 bits per heavy atom. The summed E-state index contributed by atoms with van der Waals surface area (Å²) in [6, 6.07) is 0. The highest BCUT2D eigenvalue weighted by Crippen LogP contribution is 2.24. The fourth-order valence-electron chi connectivity index (χ4n) is 1.70. The van der Waals surface area contributed by atoms with Gasteiger partial charge in [-0.05, 0) is 0 Å². The number of aromatic nitrogens is 4. The topological polar surface area (TPSA) is 116 Å². The van der Waals surface area contributed by atoms with E-state index in [1.54, 1.807) is 0 Å². The van der Waals surface area contributed by atoms with E-state index < -0.39 is 13.0 Å². The number of anilines is 2. The quantitative estimate of drug-likeness (QED) is 0.422. The number of hydrazine groups is 1. The summed E-state index contributed by atoms with van der Waals surface area (Å²) >= 11 is 0. The van der Waals surface area contributed by atoms with Gasteiger partial charge in [0, 0.05) is 6.54 Å². The van der Waals surface area contributed by atoms with Crippen LogP contribution in [-0.4, -0.2) is 51.4 Å². The Morgan fingerprint density at radius 3 is 2.89 bits per heavy atom. The minimum Gasteiger partial charge on any atom is -0.395 e. The zero-order valence-corrected chi connectivity index (χ0v) is 9.85. The molecule has 0 saturated carbocycles. The van der Waals surface area contributed by atoms with Crippen LogP contribution in [0.25, 0.3) is 11.0 Å². The van der Waals surface area contributed by atoms with Gasteiger partial charge in [-0.2, -0.15) is 15.1 Å². The van der Waals surface area contributed by atoms with Crippen LogP contribution in [0.3, 0.4) is 0 Å². The second-order valence-electron chi connectivity index (χ2n) is 3.71. The van der Waals surface area contributed by atoms with Gasteiger partial charge < -0.3 is 10.0 Å². The van der Waals surface area contributed by atoms with Gasteiger partial charge >= 0.3 is 0 Å². The minimum atomic E-state index is -2.56. The number of hydrogen-bond acceptors (Lipinski definition) is 7. The van der Waals surface area contributed by atoms with Crippen molar-refractivity contribution >= 4 is 22.8 Å². The number of nitrogens with one attached hydrogen (secondary N) is 2. The van der Waals surface area contributed by atoms with E-state index in [0.29, 0.717) is 11.0 Å². The summed E-state index contributed by atoms with van der Waals surface area (Å²) in [4.78, 5) is 9.29. The van der Waals surface area contributed by atoms with Gasteiger partial charge in [0.25, 0.3) is 6.43 Å². The number of nitrogens with two attached hydrogens (primary N) is 1. The standard InChI is InChI=1S/C9H13F2N7O/c10-6(11)4-18(1-2-19)8-5-3-13-17-7(5)14-9(15-8)16-12/h3,6,19H,1-2,4,12H2,(H2,13,14,15,16,17). The predicted octanol–water partition coefficient (Wildman–Crippen LogP) is -0.298. The molecular formula is C9H13F2N7O. The fourth-order valence-corrected chi connectivity index (χ4v) is 1.70. The summed E-state index contributed by atoms with van der Waals surface area (Å²) in [5.74, 6) is 5.54. The molecule has 0 radical (unpaired) electrons. The maximum Gasteiger partial charge on any atom is 0.255 e. The number of H-pyrrole nitrogens is 1. The molecule has 8 nitrogen and oxygen atoms in total. The molecular weight excluding hydrogens is 260 g/mol. The highest BCUT2D eigenvalue weighted by Gasteiger charge is 2.18. The van der Waals surface area contributed by atoms with Gasteiger partial charge in [-0.15, -0.1) is 0 Å². The molecule has 2 heterocycles. The van der Waals surface area contributed by atoms with E-state index in [4.69, 9.17) is 10.9 Å². The number of aromatic amines is 1. The second kappa shape index (κ2) is 5.71. The Hall–Kier alpha value is -2.07. The lowest BCUT2D eigenvalue weighted by molar-refractivity contribution is 0.152. The smallest absolute Gasteiger partial charge is 0.255 e. The van der Waals surface area contributed by atoms with Gasteiger partial charge in [-0.25, -0.2) is 14.6 Å². The first-order chi connectivity index (χ1) is 9.15. The molecule has 0 amide bonds. The van der Waals surface area contributed by atoms with Crippen LogP contribution in [0.5, 0.6) is 0 Å². The Kier molecular flexibility index (Phi) is 4.02. The van der Waals surface area contributed by atoms with Crippen LogP contribution in [0.2, 0.25) is 0 Å². The van der Waals surface area contributed by atoms with Crippen molar-refractivity contribution in [3.63, 3.8) is 0 Å². The van der Waals surface area contributed by atoms with Crippen LogP contribution in [0.4, 0.5) is 20.5 Å². The van der Waals surface area contributed by atoms with E-state index in [0.717, 1.165) is 0 Å². The summed E-state index contributed by atoms with van der Waals surface area (Å²) in [6.07, 6.45) is -1.13. The molecule has 19 heavy (non-hydrogen) atoms. The first-order valence-electron chi connectivity index (χ1n) is 5.47. The summed E-state index contributed by atoms with van der Waals surface area (Å²) in [5.41, 5.74) is 2.62. The van der Waals surface area contributed by atoms with Gasteiger partial charge in [-0.1, -0.05) is 0 Å².